The van der Waals surface area contributed by atoms with E-state index in [1.807, 2.05) is 44.3 Å². The fourth-order valence-corrected chi connectivity index (χ4v) is 3.79. The summed E-state index contributed by atoms with van der Waals surface area (Å²) in [6.07, 6.45) is 5.21. The van der Waals surface area contributed by atoms with Gasteiger partial charge >= 0.3 is 0 Å². The first kappa shape index (κ1) is 20.0. The maximum absolute atomic E-state index is 6.12. The SMILES string of the molecule is COc1cccc(-c2n[nH]c(C3CC(c4ccc(C(C)(C)N)nc4)C3)n2)c1N=CN. The lowest BCUT2D eigenvalue weighted by molar-refractivity contribution is 0.337. The largest absolute Gasteiger partial charge is 0.494 e. The molecule has 0 radical (unpaired) electrons. The standard InChI is InChI=1S/C22H27N7O/c1-22(2,24)18-8-7-13(11-25-18)14-9-15(10-14)20-27-21(29-28-20)16-5-4-6-17(30-3)19(16)26-12-23/h4-8,11-12,14-15H,9-10,24H2,1-3H3,(H2,23,26)(H,27,28,29). The number of nitrogens with one attached hydrogen (secondary N) is 1. The van der Waals surface area contributed by atoms with Crippen molar-refractivity contribution in [1.82, 2.24) is 20.2 Å². The number of aliphatic imine (C=N–C) groups is 1. The van der Waals surface area contributed by atoms with E-state index in [1.165, 1.54) is 11.9 Å². The number of aromatic amines is 1. The zero-order valence-electron chi connectivity index (χ0n) is 17.5. The summed E-state index contributed by atoms with van der Waals surface area (Å²) in [7, 11) is 1.60. The number of hydrogen-bond donors (Lipinski definition) is 3. The lowest BCUT2D eigenvalue weighted by Gasteiger charge is -2.34. The van der Waals surface area contributed by atoms with Gasteiger partial charge in [-0.1, -0.05) is 12.1 Å². The Morgan fingerprint density at radius 2 is 2.00 bits per heavy atom. The molecule has 1 saturated carbocycles. The molecule has 0 spiro atoms. The van der Waals surface area contributed by atoms with E-state index in [-0.39, 0.29) is 0 Å². The fraction of sp³-hybridized carbons (Fsp3) is 0.364. The Labute approximate surface area is 175 Å². The van der Waals surface area contributed by atoms with Crippen molar-refractivity contribution in [3.63, 3.8) is 0 Å². The van der Waals surface area contributed by atoms with Gasteiger partial charge in [-0.05, 0) is 56.4 Å². The molecule has 2 aromatic heterocycles. The summed E-state index contributed by atoms with van der Waals surface area (Å²) in [6.45, 7) is 3.92. The van der Waals surface area contributed by atoms with Crippen LogP contribution in [0.3, 0.4) is 0 Å². The highest BCUT2D eigenvalue weighted by molar-refractivity contribution is 5.79. The summed E-state index contributed by atoms with van der Waals surface area (Å²) in [6, 6.07) is 9.79. The molecule has 8 nitrogen and oxygen atoms in total. The smallest absolute Gasteiger partial charge is 0.183 e. The number of pyridine rings is 1. The molecule has 0 amide bonds. The van der Waals surface area contributed by atoms with Crippen LogP contribution in [0, 0.1) is 0 Å². The molecule has 0 bridgehead atoms. The quantitative estimate of drug-likeness (QED) is 0.426. The van der Waals surface area contributed by atoms with E-state index >= 15 is 0 Å². The van der Waals surface area contributed by atoms with Gasteiger partial charge in [0, 0.05) is 12.1 Å². The first-order valence-electron chi connectivity index (χ1n) is 10.00. The maximum atomic E-state index is 6.12. The zero-order chi connectivity index (χ0) is 21.3. The van der Waals surface area contributed by atoms with E-state index in [0.29, 0.717) is 29.1 Å². The highest BCUT2D eigenvalue weighted by Gasteiger charge is 2.34. The first-order chi connectivity index (χ1) is 14.4. The third kappa shape index (κ3) is 3.78. The van der Waals surface area contributed by atoms with Crippen molar-refractivity contribution in [1.29, 1.82) is 0 Å². The van der Waals surface area contributed by atoms with Crippen LogP contribution in [0.15, 0.2) is 41.5 Å². The topological polar surface area (TPSA) is 128 Å². The van der Waals surface area contributed by atoms with Crippen molar-refractivity contribution >= 4 is 12.0 Å². The number of benzene rings is 1. The van der Waals surface area contributed by atoms with Crippen molar-refractivity contribution in [2.75, 3.05) is 7.11 Å². The summed E-state index contributed by atoms with van der Waals surface area (Å²) < 4.78 is 5.39. The van der Waals surface area contributed by atoms with Crippen molar-refractivity contribution in [3.8, 4) is 17.1 Å². The molecule has 3 aromatic rings. The van der Waals surface area contributed by atoms with Crippen LogP contribution in [0.1, 0.15) is 55.6 Å². The second kappa shape index (κ2) is 7.87. The predicted octanol–water partition coefficient (Wildman–Crippen LogP) is 3.35. The van der Waals surface area contributed by atoms with Crippen LogP contribution in [0.25, 0.3) is 11.4 Å². The number of rotatable bonds is 6. The molecule has 0 unspecified atom stereocenters. The number of ether oxygens (including phenoxy) is 1. The normalized spacial score (nSPS) is 19.1. The van der Waals surface area contributed by atoms with Crippen LogP contribution in [0.4, 0.5) is 5.69 Å². The Hall–Kier alpha value is -3.26. The minimum absolute atomic E-state index is 0.342. The fourth-order valence-electron chi connectivity index (χ4n) is 3.79. The second-order valence-corrected chi connectivity index (χ2v) is 8.24. The Kier molecular flexibility index (Phi) is 5.26. The molecule has 30 heavy (non-hydrogen) atoms. The van der Waals surface area contributed by atoms with E-state index in [4.69, 9.17) is 21.2 Å². The van der Waals surface area contributed by atoms with Crippen LogP contribution in [0.5, 0.6) is 5.75 Å². The maximum Gasteiger partial charge on any atom is 0.183 e. The molecule has 1 aromatic carbocycles. The van der Waals surface area contributed by atoms with Crippen molar-refractivity contribution in [2.45, 2.75) is 44.1 Å². The van der Waals surface area contributed by atoms with E-state index in [9.17, 15) is 0 Å². The number of hydrogen-bond acceptors (Lipinski definition) is 6. The van der Waals surface area contributed by atoms with Crippen LogP contribution in [-0.4, -0.2) is 33.6 Å². The average molecular weight is 406 g/mol. The van der Waals surface area contributed by atoms with E-state index < -0.39 is 5.54 Å². The Balaban J connectivity index is 1.48. The molecule has 2 heterocycles. The molecule has 156 valence electrons. The third-order valence-corrected chi connectivity index (χ3v) is 5.61. The lowest BCUT2D eigenvalue weighted by atomic mass is 9.71. The summed E-state index contributed by atoms with van der Waals surface area (Å²) in [4.78, 5) is 13.5. The van der Waals surface area contributed by atoms with Gasteiger partial charge in [0.25, 0.3) is 0 Å². The van der Waals surface area contributed by atoms with Gasteiger partial charge in [0.2, 0.25) is 0 Å². The van der Waals surface area contributed by atoms with Gasteiger partial charge < -0.3 is 16.2 Å². The first-order valence-corrected chi connectivity index (χ1v) is 10.00. The molecule has 0 aliphatic heterocycles. The predicted molar refractivity (Wildman–Crippen MR) is 117 cm³/mol. The third-order valence-electron chi connectivity index (χ3n) is 5.61. The molecule has 8 heteroatoms. The van der Waals surface area contributed by atoms with Gasteiger partial charge in [-0.15, -0.1) is 0 Å². The number of aromatic nitrogens is 4. The van der Waals surface area contributed by atoms with Crippen LogP contribution >= 0.6 is 0 Å². The van der Waals surface area contributed by atoms with Crippen LogP contribution in [0.2, 0.25) is 0 Å². The summed E-state index contributed by atoms with van der Waals surface area (Å²) in [5, 5.41) is 7.51. The van der Waals surface area contributed by atoms with Crippen molar-refractivity contribution in [2.24, 2.45) is 16.5 Å². The number of H-pyrrole nitrogens is 1. The van der Waals surface area contributed by atoms with Gasteiger partial charge in [0.15, 0.2) is 5.82 Å². The second-order valence-electron chi connectivity index (χ2n) is 8.24. The van der Waals surface area contributed by atoms with Gasteiger partial charge in [0.1, 0.15) is 17.3 Å². The Morgan fingerprint density at radius 3 is 2.63 bits per heavy atom. The highest BCUT2D eigenvalue weighted by Crippen LogP contribution is 2.47. The monoisotopic (exact) mass is 405 g/mol. The van der Waals surface area contributed by atoms with Crippen molar-refractivity contribution in [3.05, 3.63) is 53.6 Å². The highest BCUT2D eigenvalue weighted by atomic mass is 16.5. The molecule has 4 rings (SSSR count). The minimum Gasteiger partial charge on any atom is -0.494 e. The van der Waals surface area contributed by atoms with Crippen molar-refractivity contribution < 1.29 is 4.74 Å². The molecule has 1 aliphatic rings. The number of nitrogens with zero attached hydrogens (tertiary/aromatic N) is 4. The number of para-hydroxylation sites is 1. The van der Waals surface area contributed by atoms with Gasteiger partial charge in [-0.25, -0.2) is 9.98 Å². The molecule has 0 atom stereocenters. The molecular formula is C22H27N7O. The van der Waals surface area contributed by atoms with E-state index in [0.717, 1.165) is 29.9 Å². The van der Waals surface area contributed by atoms with Gasteiger partial charge in [-0.2, -0.15) is 5.10 Å². The molecule has 5 N–H and O–H groups in total. The molecule has 1 aliphatic carbocycles. The van der Waals surface area contributed by atoms with Crippen LogP contribution < -0.4 is 16.2 Å². The Bertz CT molecular complexity index is 1040. The van der Waals surface area contributed by atoms with E-state index in [1.54, 1.807) is 7.11 Å². The minimum atomic E-state index is -0.427. The zero-order valence-corrected chi connectivity index (χ0v) is 17.5. The van der Waals surface area contributed by atoms with Gasteiger partial charge in [-0.3, -0.25) is 10.1 Å². The molecule has 1 fully saturated rings. The number of nitrogens with two attached hydrogens (primary N) is 2. The average Bonchev–Trinajstić information content (AvgIpc) is 3.16. The summed E-state index contributed by atoms with van der Waals surface area (Å²) in [5.74, 6) is 2.92. The Morgan fingerprint density at radius 1 is 1.20 bits per heavy atom. The molecular weight excluding hydrogens is 378 g/mol. The van der Waals surface area contributed by atoms with E-state index in [2.05, 4.69) is 26.2 Å². The molecule has 0 saturated heterocycles. The van der Waals surface area contributed by atoms with Crippen LogP contribution in [-0.2, 0) is 5.54 Å². The number of methoxy groups -OCH3 is 1. The summed E-state index contributed by atoms with van der Waals surface area (Å²) in [5.41, 5.74) is 14.7. The lowest BCUT2D eigenvalue weighted by Crippen LogP contribution is -2.30. The van der Waals surface area contributed by atoms with Gasteiger partial charge in [0.05, 0.1) is 30.2 Å². The summed E-state index contributed by atoms with van der Waals surface area (Å²) >= 11 is 0.